The van der Waals surface area contributed by atoms with Crippen LogP contribution in [0.2, 0.25) is 0 Å². The molecule has 3 rings (SSSR count). The number of aryl methyl sites for hydroxylation is 2. The summed E-state index contributed by atoms with van der Waals surface area (Å²) < 4.78 is 0. The molecule has 0 spiro atoms. The van der Waals surface area contributed by atoms with E-state index in [2.05, 4.69) is 57.3 Å². The maximum atomic E-state index is 12.7. The minimum absolute atomic E-state index is 0.0211. The Morgan fingerprint density at radius 1 is 0.926 bits per heavy atom. The summed E-state index contributed by atoms with van der Waals surface area (Å²) in [6.07, 6.45) is 0. The van der Waals surface area contributed by atoms with Crippen LogP contribution >= 0.6 is 0 Å². The van der Waals surface area contributed by atoms with E-state index >= 15 is 0 Å². The van der Waals surface area contributed by atoms with Gasteiger partial charge in [-0.1, -0.05) is 54.0 Å². The molecule has 0 radical (unpaired) electrons. The van der Waals surface area contributed by atoms with Gasteiger partial charge < -0.3 is 5.32 Å². The highest BCUT2D eigenvalue weighted by atomic mass is 16.1. The molecule has 1 atom stereocenters. The average Bonchev–Trinajstić information content (AvgIpc) is 2.82. The molecule has 0 fully saturated rings. The molecule has 0 aromatic heterocycles. The van der Waals surface area contributed by atoms with Crippen LogP contribution in [0.5, 0.6) is 0 Å². The van der Waals surface area contributed by atoms with Gasteiger partial charge in [-0.15, -0.1) is 0 Å². The van der Waals surface area contributed by atoms with Crippen LogP contribution in [0, 0.1) is 19.8 Å². The lowest BCUT2D eigenvalue weighted by atomic mass is 9.89. The smallest absolute Gasteiger partial charge is 0.251 e. The van der Waals surface area contributed by atoms with Gasteiger partial charge in [-0.3, -0.25) is 4.79 Å². The quantitative estimate of drug-likeness (QED) is 0.713. The second-order valence-corrected chi connectivity index (χ2v) is 7.78. The molecule has 2 aromatic rings. The number of allylic oxidation sites excluding steroid dienone is 4. The Balaban J connectivity index is 1.85. The van der Waals surface area contributed by atoms with E-state index in [0.717, 1.165) is 16.7 Å². The zero-order chi connectivity index (χ0) is 19.7. The summed E-state index contributed by atoms with van der Waals surface area (Å²) in [5, 5.41) is 3.11. The summed E-state index contributed by atoms with van der Waals surface area (Å²) in [6, 6.07) is 14.4. The Kier molecular flexibility index (Phi) is 5.36. The number of amides is 1. The minimum atomic E-state index is -0.0211. The molecule has 0 saturated carbocycles. The van der Waals surface area contributed by atoms with Crippen molar-refractivity contribution in [3.05, 3.63) is 87.0 Å². The fraction of sp³-hybridized carbons (Fsp3) is 0.320. The molecule has 1 aliphatic rings. The fourth-order valence-electron chi connectivity index (χ4n) is 4.12. The molecule has 2 aromatic carbocycles. The molecular formula is C25H29NO. The molecule has 0 aliphatic heterocycles. The van der Waals surface area contributed by atoms with Crippen LogP contribution in [0.25, 0.3) is 5.57 Å². The maximum absolute atomic E-state index is 12.7. The number of nitrogens with one attached hydrogen (secondary N) is 1. The molecule has 140 valence electrons. The molecule has 0 heterocycles. The average molecular weight is 360 g/mol. The van der Waals surface area contributed by atoms with Crippen molar-refractivity contribution in [2.45, 2.75) is 48.1 Å². The number of hydrogen-bond acceptors (Lipinski definition) is 1. The summed E-state index contributed by atoms with van der Waals surface area (Å²) in [4.78, 5) is 12.7. The first-order chi connectivity index (χ1) is 12.8. The minimum Gasteiger partial charge on any atom is -0.348 e. The molecule has 0 bridgehead atoms. The van der Waals surface area contributed by atoms with Crippen molar-refractivity contribution in [2.75, 3.05) is 0 Å². The number of rotatable bonds is 4. The fourth-order valence-corrected chi connectivity index (χ4v) is 4.12. The Labute approximate surface area is 163 Å². The zero-order valence-corrected chi connectivity index (χ0v) is 17.2. The van der Waals surface area contributed by atoms with Crippen LogP contribution in [0.1, 0.15) is 60.3 Å². The lowest BCUT2D eigenvalue weighted by Gasteiger charge is -2.18. The Morgan fingerprint density at radius 2 is 1.56 bits per heavy atom. The summed E-state index contributed by atoms with van der Waals surface area (Å²) in [5.74, 6) is 0.397. The Hall–Kier alpha value is -2.61. The van der Waals surface area contributed by atoms with E-state index in [4.69, 9.17) is 0 Å². The number of carbonyl (C=O) groups excluding carboxylic acids is 1. The molecular weight excluding hydrogens is 330 g/mol. The predicted molar refractivity (Wildman–Crippen MR) is 114 cm³/mol. The van der Waals surface area contributed by atoms with Crippen LogP contribution in [-0.4, -0.2) is 5.91 Å². The van der Waals surface area contributed by atoms with Gasteiger partial charge in [-0.25, -0.2) is 0 Å². The lowest BCUT2D eigenvalue weighted by molar-refractivity contribution is 0.0950. The van der Waals surface area contributed by atoms with Gasteiger partial charge in [-0.05, 0) is 74.6 Å². The van der Waals surface area contributed by atoms with Crippen molar-refractivity contribution < 1.29 is 4.79 Å². The normalized spacial score (nSPS) is 16.9. The lowest BCUT2D eigenvalue weighted by Crippen LogP contribution is -2.23. The van der Waals surface area contributed by atoms with Gasteiger partial charge in [-0.2, -0.15) is 0 Å². The van der Waals surface area contributed by atoms with E-state index in [-0.39, 0.29) is 5.91 Å². The third-order valence-electron chi connectivity index (χ3n) is 5.87. The van der Waals surface area contributed by atoms with Crippen molar-refractivity contribution in [1.82, 2.24) is 5.32 Å². The molecule has 1 unspecified atom stereocenters. The first-order valence-corrected chi connectivity index (χ1v) is 9.63. The summed E-state index contributed by atoms with van der Waals surface area (Å²) in [6.45, 7) is 13.5. The van der Waals surface area contributed by atoms with Gasteiger partial charge in [0.05, 0.1) is 0 Å². The molecule has 0 saturated heterocycles. The highest BCUT2D eigenvalue weighted by Crippen LogP contribution is 2.43. The molecule has 1 amide bonds. The predicted octanol–water partition coefficient (Wildman–Crippen LogP) is 5.99. The zero-order valence-electron chi connectivity index (χ0n) is 17.2. The molecule has 2 heteroatoms. The van der Waals surface area contributed by atoms with Gasteiger partial charge >= 0.3 is 0 Å². The molecule has 1 N–H and O–H groups in total. The van der Waals surface area contributed by atoms with Gasteiger partial charge in [0, 0.05) is 18.0 Å². The first-order valence-electron chi connectivity index (χ1n) is 9.63. The van der Waals surface area contributed by atoms with Crippen molar-refractivity contribution in [3.8, 4) is 0 Å². The van der Waals surface area contributed by atoms with E-state index in [0.29, 0.717) is 12.5 Å². The van der Waals surface area contributed by atoms with E-state index in [1.54, 1.807) is 0 Å². The summed E-state index contributed by atoms with van der Waals surface area (Å²) >= 11 is 0. The number of hydrogen-bond donors (Lipinski definition) is 1. The monoisotopic (exact) mass is 359 g/mol. The highest BCUT2D eigenvalue weighted by Gasteiger charge is 2.26. The van der Waals surface area contributed by atoms with E-state index < -0.39 is 0 Å². The molecule has 27 heavy (non-hydrogen) atoms. The van der Waals surface area contributed by atoms with Crippen LogP contribution in [0.15, 0.2) is 59.2 Å². The SMILES string of the molecule is CC1=C(C)C(C)C(c2ccccc2CNC(=O)c2cc(C)cc(C)c2)=C1C. The number of benzene rings is 2. The van der Waals surface area contributed by atoms with E-state index in [9.17, 15) is 4.79 Å². The second-order valence-electron chi connectivity index (χ2n) is 7.78. The summed E-state index contributed by atoms with van der Waals surface area (Å²) in [7, 11) is 0. The third-order valence-corrected chi connectivity index (χ3v) is 5.87. The van der Waals surface area contributed by atoms with E-state index in [1.165, 1.54) is 33.4 Å². The Bertz CT molecular complexity index is 942. The van der Waals surface area contributed by atoms with Gasteiger partial charge in [0.25, 0.3) is 5.91 Å². The van der Waals surface area contributed by atoms with Crippen molar-refractivity contribution >= 4 is 11.5 Å². The second kappa shape index (κ2) is 7.56. The van der Waals surface area contributed by atoms with Gasteiger partial charge in [0.2, 0.25) is 0 Å². The van der Waals surface area contributed by atoms with E-state index in [1.807, 2.05) is 32.0 Å². The maximum Gasteiger partial charge on any atom is 0.251 e. The molecule has 2 nitrogen and oxygen atoms in total. The Morgan fingerprint density at radius 3 is 2.15 bits per heavy atom. The standard InChI is InChI=1S/C25H29NO/c1-15-11-16(2)13-22(12-15)25(27)26-14-21-9-7-8-10-23(21)24-19(5)17(3)18(4)20(24)6/h7-13,19H,14H2,1-6H3,(H,26,27). The summed E-state index contributed by atoms with van der Waals surface area (Å²) in [5.41, 5.74) is 11.0. The topological polar surface area (TPSA) is 29.1 Å². The van der Waals surface area contributed by atoms with Crippen LogP contribution in [0.3, 0.4) is 0 Å². The molecule has 1 aliphatic carbocycles. The highest BCUT2D eigenvalue weighted by molar-refractivity contribution is 5.94. The van der Waals surface area contributed by atoms with Crippen LogP contribution in [0.4, 0.5) is 0 Å². The van der Waals surface area contributed by atoms with Crippen molar-refractivity contribution in [2.24, 2.45) is 5.92 Å². The van der Waals surface area contributed by atoms with Crippen molar-refractivity contribution in [1.29, 1.82) is 0 Å². The van der Waals surface area contributed by atoms with Gasteiger partial charge in [0.15, 0.2) is 0 Å². The first kappa shape index (κ1) is 19.2. The van der Waals surface area contributed by atoms with Crippen molar-refractivity contribution in [3.63, 3.8) is 0 Å². The number of carbonyl (C=O) groups is 1. The van der Waals surface area contributed by atoms with Gasteiger partial charge in [0.1, 0.15) is 0 Å². The van der Waals surface area contributed by atoms with Crippen LogP contribution in [-0.2, 0) is 6.54 Å². The third kappa shape index (κ3) is 3.75. The largest absolute Gasteiger partial charge is 0.348 e. The van der Waals surface area contributed by atoms with Crippen LogP contribution < -0.4 is 5.32 Å².